The average Bonchev–Trinajstić information content (AvgIpc) is 2.47. The molecule has 7 heteroatoms. The molecule has 1 aromatic carbocycles. The topological polar surface area (TPSA) is 47.3 Å². The van der Waals surface area contributed by atoms with E-state index in [9.17, 15) is 18.0 Å². The molecule has 1 atom stereocenters. The molecule has 1 aliphatic rings. The van der Waals surface area contributed by atoms with Gasteiger partial charge in [-0.3, -0.25) is 9.69 Å². The van der Waals surface area contributed by atoms with Crippen molar-refractivity contribution in [3.05, 3.63) is 35.9 Å². The van der Waals surface area contributed by atoms with Crippen molar-refractivity contribution in [2.24, 2.45) is 0 Å². The molecule has 0 N–H and O–H groups in total. The molecule has 1 fully saturated rings. The van der Waals surface area contributed by atoms with Gasteiger partial charge in [-0.15, -0.1) is 0 Å². The second-order valence-corrected chi connectivity index (χ2v) is 5.21. The van der Waals surface area contributed by atoms with Crippen molar-refractivity contribution in [1.82, 2.24) is 9.80 Å². The number of nitrogens with zero attached hydrogens (tertiary/aromatic N) is 3. The average molecular weight is 311 g/mol. The van der Waals surface area contributed by atoms with Crippen molar-refractivity contribution in [1.29, 1.82) is 5.26 Å². The minimum Gasteiger partial charge on any atom is -0.322 e. The number of nitriles is 1. The summed E-state index contributed by atoms with van der Waals surface area (Å²) in [5, 5.41) is 8.56. The van der Waals surface area contributed by atoms with Gasteiger partial charge in [-0.1, -0.05) is 30.3 Å². The number of β-lactam (4-membered cyclic amide) rings is 1. The summed E-state index contributed by atoms with van der Waals surface area (Å²) >= 11 is 0. The van der Waals surface area contributed by atoms with Crippen LogP contribution in [0.15, 0.2) is 30.3 Å². The monoisotopic (exact) mass is 311 g/mol. The summed E-state index contributed by atoms with van der Waals surface area (Å²) < 4.78 is 37.8. The fourth-order valence-corrected chi connectivity index (χ4v) is 2.48. The number of rotatable bonds is 6. The molecule has 0 bridgehead atoms. The van der Waals surface area contributed by atoms with Crippen molar-refractivity contribution < 1.29 is 18.0 Å². The Balaban J connectivity index is 2.04. The first-order valence-electron chi connectivity index (χ1n) is 6.91. The molecule has 0 aromatic heterocycles. The largest absolute Gasteiger partial charge is 0.401 e. The third kappa shape index (κ3) is 4.21. The van der Waals surface area contributed by atoms with Crippen LogP contribution < -0.4 is 0 Å². The molecule has 0 saturated carbocycles. The summed E-state index contributed by atoms with van der Waals surface area (Å²) in [6, 6.07) is 10.9. The predicted molar refractivity (Wildman–Crippen MR) is 73.4 cm³/mol. The van der Waals surface area contributed by atoms with Gasteiger partial charge in [-0.25, -0.2) is 0 Å². The number of hydrogen-bond acceptors (Lipinski definition) is 3. The molecule has 0 aliphatic carbocycles. The lowest BCUT2D eigenvalue weighted by Crippen LogP contribution is -2.53. The highest BCUT2D eigenvalue weighted by Crippen LogP contribution is 2.34. The Kier molecular flexibility index (Phi) is 5.03. The van der Waals surface area contributed by atoms with Crippen LogP contribution in [0, 0.1) is 11.3 Å². The first-order valence-corrected chi connectivity index (χ1v) is 6.91. The smallest absolute Gasteiger partial charge is 0.322 e. The Morgan fingerprint density at radius 1 is 1.32 bits per heavy atom. The van der Waals surface area contributed by atoms with Gasteiger partial charge in [-0.2, -0.15) is 18.4 Å². The van der Waals surface area contributed by atoms with Crippen LogP contribution in [-0.2, 0) is 4.79 Å². The molecule has 0 spiro atoms. The zero-order valence-electron chi connectivity index (χ0n) is 11.9. The molecule has 1 aliphatic heterocycles. The Labute approximate surface area is 126 Å². The maximum atomic E-state index is 12.6. The van der Waals surface area contributed by atoms with E-state index in [1.54, 1.807) is 0 Å². The minimum atomic E-state index is -4.36. The number of alkyl halides is 3. The van der Waals surface area contributed by atoms with E-state index in [4.69, 9.17) is 5.26 Å². The summed E-state index contributed by atoms with van der Waals surface area (Å²) in [5.41, 5.74) is 0.911. The van der Waals surface area contributed by atoms with Gasteiger partial charge < -0.3 is 4.90 Å². The van der Waals surface area contributed by atoms with Gasteiger partial charge >= 0.3 is 6.18 Å². The maximum absolute atomic E-state index is 12.6. The van der Waals surface area contributed by atoms with Crippen LogP contribution >= 0.6 is 0 Å². The van der Waals surface area contributed by atoms with E-state index in [-0.39, 0.29) is 31.6 Å². The van der Waals surface area contributed by atoms with Gasteiger partial charge in [0, 0.05) is 13.0 Å². The molecule has 1 saturated heterocycles. The number of amides is 1. The Morgan fingerprint density at radius 2 is 2.00 bits per heavy atom. The summed E-state index contributed by atoms with van der Waals surface area (Å²) in [5.74, 6) is -0.169. The van der Waals surface area contributed by atoms with E-state index in [0.717, 1.165) is 10.5 Å². The van der Waals surface area contributed by atoms with Crippen LogP contribution in [-0.4, -0.2) is 41.6 Å². The van der Waals surface area contributed by atoms with E-state index < -0.39 is 12.7 Å². The SMILES string of the molecule is N#CCCN(CN1C(=O)C[C@@H]1c1ccccc1)CC(F)(F)F. The number of benzene rings is 1. The number of carbonyl (C=O) groups excluding carboxylic acids is 1. The normalized spacial score (nSPS) is 18.2. The van der Waals surface area contributed by atoms with E-state index >= 15 is 0 Å². The maximum Gasteiger partial charge on any atom is 0.401 e. The molecule has 2 rings (SSSR count). The first kappa shape index (κ1) is 16.3. The van der Waals surface area contributed by atoms with Crippen LogP contribution in [0.1, 0.15) is 24.4 Å². The molecule has 1 heterocycles. The second kappa shape index (κ2) is 6.79. The summed E-state index contributed by atoms with van der Waals surface area (Å²) in [4.78, 5) is 14.3. The van der Waals surface area contributed by atoms with Crippen LogP contribution in [0.3, 0.4) is 0 Å². The number of halogens is 3. The van der Waals surface area contributed by atoms with Crippen molar-refractivity contribution in [2.75, 3.05) is 19.8 Å². The van der Waals surface area contributed by atoms with Crippen LogP contribution in [0.2, 0.25) is 0 Å². The van der Waals surface area contributed by atoms with Gasteiger partial charge in [0.05, 0.1) is 31.7 Å². The molecular weight excluding hydrogens is 295 g/mol. The lowest BCUT2D eigenvalue weighted by atomic mass is 9.94. The third-order valence-corrected chi connectivity index (χ3v) is 3.54. The van der Waals surface area contributed by atoms with Crippen LogP contribution in [0.5, 0.6) is 0 Å². The standard InChI is InChI=1S/C15H16F3N3O/c16-15(17,18)10-20(8-4-7-19)11-21-13(9-14(21)22)12-5-2-1-3-6-12/h1-3,5-6,13H,4,8-11H2/t13-/m1/s1. The van der Waals surface area contributed by atoms with Gasteiger partial charge in [0.15, 0.2) is 0 Å². The summed E-state index contributed by atoms with van der Waals surface area (Å²) in [6.45, 7) is -1.25. The van der Waals surface area contributed by atoms with Crippen molar-refractivity contribution in [2.45, 2.75) is 25.1 Å². The van der Waals surface area contributed by atoms with Gasteiger partial charge in [0.1, 0.15) is 0 Å². The van der Waals surface area contributed by atoms with Gasteiger partial charge in [-0.05, 0) is 5.56 Å². The summed E-state index contributed by atoms with van der Waals surface area (Å²) in [6.07, 6.45) is -4.05. The fourth-order valence-electron chi connectivity index (χ4n) is 2.48. The Bertz CT molecular complexity index is 553. The lowest BCUT2D eigenvalue weighted by molar-refractivity contribution is -0.165. The third-order valence-electron chi connectivity index (χ3n) is 3.54. The van der Waals surface area contributed by atoms with E-state index in [1.807, 2.05) is 36.4 Å². The van der Waals surface area contributed by atoms with Gasteiger partial charge in [0.2, 0.25) is 5.91 Å². The molecule has 4 nitrogen and oxygen atoms in total. The van der Waals surface area contributed by atoms with Gasteiger partial charge in [0.25, 0.3) is 0 Å². The lowest BCUT2D eigenvalue weighted by Gasteiger charge is -2.43. The molecule has 22 heavy (non-hydrogen) atoms. The fraction of sp³-hybridized carbons (Fsp3) is 0.467. The number of likely N-dealkylation sites (tertiary alicyclic amines) is 1. The number of hydrogen-bond donors (Lipinski definition) is 0. The minimum absolute atomic E-state index is 0.00584. The van der Waals surface area contributed by atoms with Crippen molar-refractivity contribution >= 4 is 5.91 Å². The van der Waals surface area contributed by atoms with Crippen LogP contribution in [0.4, 0.5) is 13.2 Å². The van der Waals surface area contributed by atoms with Crippen LogP contribution in [0.25, 0.3) is 0 Å². The molecular formula is C15H16F3N3O. The molecule has 1 aromatic rings. The van der Waals surface area contributed by atoms with E-state index in [1.165, 1.54) is 4.90 Å². The summed E-state index contributed by atoms with van der Waals surface area (Å²) in [7, 11) is 0. The Hall–Kier alpha value is -2.07. The second-order valence-electron chi connectivity index (χ2n) is 5.21. The molecule has 0 radical (unpaired) electrons. The first-order chi connectivity index (χ1) is 10.4. The van der Waals surface area contributed by atoms with E-state index in [2.05, 4.69) is 0 Å². The van der Waals surface area contributed by atoms with E-state index in [0.29, 0.717) is 6.42 Å². The zero-order chi connectivity index (χ0) is 16.2. The number of carbonyl (C=O) groups is 1. The molecule has 118 valence electrons. The highest BCUT2D eigenvalue weighted by Gasteiger charge is 2.39. The highest BCUT2D eigenvalue weighted by molar-refractivity contribution is 5.83. The Morgan fingerprint density at radius 3 is 2.55 bits per heavy atom. The van der Waals surface area contributed by atoms with Crippen molar-refractivity contribution in [3.63, 3.8) is 0 Å². The zero-order valence-corrected chi connectivity index (χ0v) is 11.9. The molecule has 1 amide bonds. The predicted octanol–water partition coefficient (Wildman–Crippen LogP) is 2.70. The molecule has 0 unspecified atom stereocenters. The quantitative estimate of drug-likeness (QED) is 0.759. The highest BCUT2D eigenvalue weighted by atomic mass is 19.4. The van der Waals surface area contributed by atoms with Crippen molar-refractivity contribution in [3.8, 4) is 6.07 Å².